The first kappa shape index (κ1) is 13.1. The van der Waals surface area contributed by atoms with Crippen LogP contribution in [0.15, 0.2) is 0 Å². The second-order valence-electron chi connectivity index (χ2n) is 5.74. The first-order valence-electron chi connectivity index (χ1n) is 7.67. The lowest BCUT2D eigenvalue weighted by molar-refractivity contribution is 0.0730. The molecule has 3 rings (SSSR count). The van der Waals surface area contributed by atoms with Gasteiger partial charge in [0.1, 0.15) is 5.82 Å². The Bertz CT molecular complexity index is 441. The summed E-state index contributed by atoms with van der Waals surface area (Å²) >= 11 is 0. The van der Waals surface area contributed by atoms with E-state index in [0.717, 1.165) is 32.4 Å². The van der Waals surface area contributed by atoms with Crippen molar-refractivity contribution >= 4 is 0 Å². The Morgan fingerprint density at radius 2 is 2.32 bits per heavy atom. The Hall–Kier alpha value is -0.870. The third-order valence-electron chi connectivity index (χ3n) is 4.52. The molecule has 0 aromatic carbocycles. The van der Waals surface area contributed by atoms with Crippen molar-refractivity contribution < 1.29 is 4.74 Å². The largest absolute Gasteiger partial charge is 0.379 e. The van der Waals surface area contributed by atoms with E-state index in [2.05, 4.69) is 16.8 Å². The molecule has 0 spiro atoms. The number of aryl methyl sites for hydroxylation is 1. The number of aromatic nitrogens is 2. The number of fused-ring (bicyclic) bond motifs is 1. The van der Waals surface area contributed by atoms with E-state index in [9.17, 15) is 0 Å². The first-order chi connectivity index (χ1) is 9.35. The summed E-state index contributed by atoms with van der Waals surface area (Å²) in [7, 11) is 1.85. The van der Waals surface area contributed by atoms with Crippen LogP contribution < -0.4 is 5.32 Å². The smallest absolute Gasteiger partial charge is 0.109 e. The van der Waals surface area contributed by atoms with Crippen LogP contribution in [0.5, 0.6) is 0 Å². The number of nitrogens with zero attached hydrogens (tertiary/aromatic N) is 2. The molecule has 1 aromatic rings. The quantitative estimate of drug-likeness (QED) is 0.905. The molecule has 0 radical (unpaired) electrons. The van der Waals surface area contributed by atoms with E-state index in [1.165, 1.54) is 36.5 Å². The van der Waals surface area contributed by atoms with Gasteiger partial charge in [-0.3, -0.25) is 0 Å². The van der Waals surface area contributed by atoms with Crippen LogP contribution in [0, 0.1) is 0 Å². The van der Waals surface area contributed by atoms with Crippen molar-refractivity contribution in [2.45, 2.75) is 64.1 Å². The van der Waals surface area contributed by atoms with Crippen LogP contribution in [0.1, 0.15) is 55.9 Å². The topological polar surface area (TPSA) is 39.1 Å². The molecule has 0 amide bonds. The summed E-state index contributed by atoms with van der Waals surface area (Å²) in [6.45, 7) is 4.25. The van der Waals surface area contributed by atoms with E-state index < -0.39 is 0 Å². The molecular weight excluding hydrogens is 238 g/mol. The number of methoxy groups -OCH3 is 1. The predicted molar refractivity (Wildman–Crippen MR) is 75.3 cm³/mol. The summed E-state index contributed by atoms with van der Waals surface area (Å²) in [6.07, 6.45) is 7.44. The summed E-state index contributed by atoms with van der Waals surface area (Å²) in [5, 5.41) is 3.43. The van der Waals surface area contributed by atoms with Gasteiger partial charge in [-0.2, -0.15) is 0 Å². The minimum atomic E-state index is 0.379. The SMILES string of the molecule is CCCc1nc2c(n1C1CCCC1OC)CCNC2. The van der Waals surface area contributed by atoms with E-state index >= 15 is 0 Å². The van der Waals surface area contributed by atoms with Gasteiger partial charge < -0.3 is 14.6 Å². The molecule has 2 atom stereocenters. The minimum absolute atomic E-state index is 0.379. The highest BCUT2D eigenvalue weighted by molar-refractivity contribution is 5.22. The Kier molecular flexibility index (Phi) is 3.89. The van der Waals surface area contributed by atoms with Crippen LogP contribution in [0.3, 0.4) is 0 Å². The molecule has 1 saturated carbocycles. The molecule has 1 N–H and O–H groups in total. The van der Waals surface area contributed by atoms with Crippen LogP contribution in [0.4, 0.5) is 0 Å². The van der Waals surface area contributed by atoms with Crippen molar-refractivity contribution in [3.8, 4) is 0 Å². The van der Waals surface area contributed by atoms with Crippen LogP contribution in [-0.4, -0.2) is 29.3 Å². The highest BCUT2D eigenvalue weighted by Gasteiger charge is 2.33. The van der Waals surface area contributed by atoms with Gasteiger partial charge in [0.15, 0.2) is 0 Å². The third kappa shape index (κ3) is 2.32. The number of nitrogens with one attached hydrogen (secondary N) is 1. The maximum absolute atomic E-state index is 5.71. The molecule has 1 aliphatic heterocycles. The molecule has 4 nitrogen and oxygen atoms in total. The molecule has 1 aliphatic carbocycles. The number of hydrogen-bond donors (Lipinski definition) is 1. The first-order valence-corrected chi connectivity index (χ1v) is 7.67. The summed E-state index contributed by atoms with van der Waals surface area (Å²) < 4.78 is 8.25. The second-order valence-corrected chi connectivity index (χ2v) is 5.74. The van der Waals surface area contributed by atoms with Gasteiger partial charge in [0.25, 0.3) is 0 Å². The fourth-order valence-electron chi connectivity index (χ4n) is 3.66. The van der Waals surface area contributed by atoms with Crippen molar-refractivity contribution in [1.29, 1.82) is 0 Å². The number of imidazole rings is 1. The fraction of sp³-hybridized carbons (Fsp3) is 0.800. The van der Waals surface area contributed by atoms with E-state index in [4.69, 9.17) is 9.72 Å². The fourth-order valence-corrected chi connectivity index (χ4v) is 3.66. The molecule has 0 bridgehead atoms. The molecule has 4 heteroatoms. The third-order valence-corrected chi connectivity index (χ3v) is 4.52. The number of ether oxygens (including phenoxy) is 1. The normalized spacial score (nSPS) is 26.6. The van der Waals surface area contributed by atoms with Gasteiger partial charge in [-0.1, -0.05) is 6.92 Å². The summed E-state index contributed by atoms with van der Waals surface area (Å²) in [4.78, 5) is 4.90. The molecule has 2 heterocycles. The van der Waals surface area contributed by atoms with Crippen molar-refractivity contribution in [3.63, 3.8) is 0 Å². The predicted octanol–water partition coefficient (Wildman–Crippen LogP) is 2.22. The van der Waals surface area contributed by atoms with Crippen LogP contribution in [0.2, 0.25) is 0 Å². The number of rotatable bonds is 4. The lowest BCUT2D eigenvalue weighted by Gasteiger charge is -2.25. The number of hydrogen-bond acceptors (Lipinski definition) is 3. The van der Waals surface area contributed by atoms with Crippen molar-refractivity contribution in [1.82, 2.24) is 14.9 Å². The van der Waals surface area contributed by atoms with Gasteiger partial charge in [0.05, 0.1) is 17.8 Å². The maximum Gasteiger partial charge on any atom is 0.109 e. The van der Waals surface area contributed by atoms with E-state index in [1.54, 1.807) is 0 Å². The molecule has 2 aliphatic rings. The van der Waals surface area contributed by atoms with E-state index in [0.29, 0.717) is 12.1 Å². The van der Waals surface area contributed by atoms with Crippen LogP contribution >= 0.6 is 0 Å². The molecule has 1 aromatic heterocycles. The molecular formula is C15H25N3O. The van der Waals surface area contributed by atoms with Gasteiger partial charge in [0.2, 0.25) is 0 Å². The van der Waals surface area contributed by atoms with Gasteiger partial charge in [-0.05, 0) is 25.7 Å². The second kappa shape index (κ2) is 5.63. The van der Waals surface area contributed by atoms with E-state index in [1.807, 2.05) is 7.11 Å². The van der Waals surface area contributed by atoms with Gasteiger partial charge >= 0.3 is 0 Å². The molecule has 0 saturated heterocycles. The molecule has 2 unspecified atom stereocenters. The lowest BCUT2D eigenvalue weighted by atomic mass is 10.1. The molecule has 1 fully saturated rings. The molecule has 19 heavy (non-hydrogen) atoms. The van der Waals surface area contributed by atoms with Crippen molar-refractivity contribution in [2.24, 2.45) is 0 Å². The molecule has 106 valence electrons. The highest BCUT2D eigenvalue weighted by Crippen LogP contribution is 2.35. The van der Waals surface area contributed by atoms with Crippen molar-refractivity contribution in [3.05, 3.63) is 17.2 Å². The minimum Gasteiger partial charge on any atom is -0.379 e. The maximum atomic E-state index is 5.71. The Labute approximate surface area is 115 Å². The zero-order valence-electron chi connectivity index (χ0n) is 12.1. The zero-order valence-corrected chi connectivity index (χ0v) is 12.1. The Morgan fingerprint density at radius 3 is 3.11 bits per heavy atom. The standard InChI is InChI=1S/C15H25N3O/c1-3-5-15-17-11-10-16-9-8-12(11)18(15)13-6-4-7-14(13)19-2/h13-14,16H,3-10H2,1-2H3. The Balaban J connectivity index is 1.99. The summed E-state index contributed by atoms with van der Waals surface area (Å²) in [5.74, 6) is 1.28. The van der Waals surface area contributed by atoms with E-state index in [-0.39, 0.29) is 0 Å². The van der Waals surface area contributed by atoms with Gasteiger partial charge in [-0.25, -0.2) is 4.98 Å². The van der Waals surface area contributed by atoms with Crippen LogP contribution in [-0.2, 0) is 24.1 Å². The van der Waals surface area contributed by atoms with Gasteiger partial charge in [-0.15, -0.1) is 0 Å². The Morgan fingerprint density at radius 1 is 1.42 bits per heavy atom. The average molecular weight is 263 g/mol. The highest BCUT2D eigenvalue weighted by atomic mass is 16.5. The lowest BCUT2D eigenvalue weighted by Crippen LogP contribution is -2.28. The summed E-state index contributed by atoms with van der Waals surface area (Å²) in [6, 6.07) is 0.515. The summed E-state index contributed by atoms with van der Waals surface area (Å²) in [5.41, 5.74) is 2.74. The van der Waals surface area contributed by atoms with Crippen LogP contribution in [0.25, 0.3) is 0 Å². The average Bonchev–Trinajstić information content (AvgIpc) is 3.01. The zero-order chi connectivity index (χ0) is 13.2. The van der Waals surface area contributed by atoms with Gasteiger partial charge in [0, 0.05) is 38.7 Å². The monoisotopic (exact) mass is 263 g/mol. The van der Waals surface area contributed by atoms with Crippen molar-refractivity contribution in [2.75, 3.05) is 13.7 Å².